The largest absolute Gasteiger partial charge is 0.346 e. The van der Waals surface area contributed by atoms with Crippen LogP contribution >= 0.6 is 0 Å². The molecule has 2 aromatic carbocycles. The van der Waals surface area contributed by atoms with Crippen LogP contribution in [0.15, 0.2) is 36.4 Å². The number of hydrogen-bond acceptors (Lipinski definition) is 3. The molecule has 0 aliphatic carbocycles. The number of nitrogens with zero attached hydrogens (tertiary/aromatic N) is 1. The van der Waals surface area contributed by atoms with Crippen LogP contribution in [0.3, 0.4) is 0 Å². The van der Waals surface area contributed by atoms with Crippen molar-refractivity contribution in [2.75, 3.05) is 13.1 Å². The Hall–Kier alpha value is -2.18. The third kappa shape index (κ3) is 5.29. The fourth-order valence-corrected chi connectivity index (χ4v) is 5.62. The second-order valence-electron chi connectivity index (χ2n) is 8.40. The maximum absolute atomic E-state index is 12.7. The molecular formula is C24H32N2O3S. The molecule has 162 valence electrons. The van der Waals surface area contributed by atoms with Gasteiger partial charge in [-0.2, -0.15) is 0 Å². The van der Waals surface area contributed by atoms with Crippen molar-refractivity contribution in [1.29, 1.82) is 0 Å². The van der Waals surface area contributed by atoms with Crippen molar-refractivity contribution < 1.29 is 13.2 Å². The van der Waals surface area contributed by atoms with Crippen molar-refractivity contribution in [2.45, 2.75) is 58.8 Å². The number of carbonyl (C=O) groups is 1. The average Bonchev–Trinajstić information content (AvgIpc) is 2.71. The van der Waals surface area contributed by atoms with Crippen molar-refractivity contribution in [3.05, 3.63) is 69.8 Å². The standard InChI is InChI=1S/C24H32N2O3S/c1-17-14-19(3)23(15-18(17)2)20(4)25-24(27)22-10-8-21(9-11-22)16-30(28,29)26-12-6-5-7-13-26/h8-11,14-15,20H,5-7,12-13,16H2,1-4H3,(H,25,27). The normalized spacial score (nSPS) is 16.3. The van der Waals surface area contributed by atoms with Crippen molar-refractivity contribution >= 4 is 15.9 Å². The van der Waals surface area contributed by atoms with E-state index in [-0.39, 0.29) is 17.7 Å². The zero-order chi connectivity index (χ0) is 21.9. The predicted octanol–water partition coefficient (Wildman–Crippen LogP) is 4.42. The van der Waals surface area contributed by atoms with E-state index in [9.17, 15) is 13.2 Å². The van der Waals surface area contributed by atoms with E-state index in [2.05, 4.69) is 38.2 Å². The highest BCUT2D eigenvalue weighted by atomic mass is 32.2. The first kappa shape index (κ1) is 22.5. The van der Waals surface area contributed by atoms with Crippen LogP contribution in [0.5, 0.6) is 0 Å². The van der Waals surface area contributed by atoms with Crippen molar-refractivity contribution in [3.8, 4) is 0 Å². The van der Waals surface area contributed by atoms with E-state index in [0.717, 1.165) is 30.4 Å². The molecule has 1 fully saturated rings. The third-order valence-electron chi connectivity index (χ3n) is 5.97. The monoisotopic (exact) mass is 428 g/mol. The van der Waals surface area contributed by atoms with Crippen molar-refractivity contribution in [3.63, 3.8) is 0 Å². The maximum Gasteiger partial charge on any atom is 0.251 e. The lowest BCUT2D eigenvalue weighted by molar-refractivity contribution is 0.0940. The first-order valence-corrected chi connectivity index (χ1v) is 12.2. The number of piperidine rings is 1. The number of nitrogens with one attached hydrogen (secondary N) is 1. The molecule has 1 heterocycles. The summed E-state index contributed by atoms with van der Waals surface area (Å²) in [5.41, 5.74) is 5.94. The van der Waals surface area contributed by atoms with E-state index in [1.807, 2.05) is 6.92 Å². The SMILES string of the molecule is Cc1cc(C)c(C(C)NC(=O)c2ccc(CS(=O)(=O)N3CCCCC3)cc2)cc1C. The minimum absolute atomic E-state index is 0.0207. The first-order valence-electron chi connectivity index (χ1n) is 10.6. The van der Waals surface area contributed by atoms with Gasteiger partial charge in [0.15, 0.2) is 0 Å². The molecule has 1 aliphatic rings. The minimum Gasteiger partial charge on any atom is -0.346 e. The number of carbonyl (C=O) groups excluding carboxylic acids is 1. The molecule has 0 radical (unpaired) electrons. The van der Waals surface area contributed by atoms with E-state index in [0.29, 0.717) is 24.2 Å². The molecule has 2 aromatic rings. The topological polar surface area (TPSA) is 66.5 Å². The quantitative estimate of drug-likeness (QED) is 0.741. The Kier molecular flexibility index (Phi) is 6.98. The van der Waals surface area contributed by atoms with Crippen LogP contribution in [-0.2, 0) is 15.8 Å². The molecule has 1 aliphatic heterocycles. The van der Waals surface area contributed by atoms with Gasteiger partial charge in [0.1, 0.15) is 0 Å². The highest BCUT2D eigenvalue weighted by molar-refractivity contribution is 7.88. The summed E-state index contributed by atoms with van der Waals surface area (Å²) in [6, 6.07) is 11.0. The minimum atomic E-state index is -3.30. The molecule has 5 nitrogen and oxygen atoms in total. The van der Waals surface area contributed by atoms with Gasteiger partial charge in [-0.25, -0.2) is 12.7 Å². The van der Waals surface area contributed by atoms with E-state index >= 15 is 0 Å². The molecule has 1 unspecified atom stereocenters. The van der Waals surface area contributed by atoms with Gasteiger partial charge in [-0.15, -0.1) is 0 Å². The van der Waals surface area contributed by atoms with Crippen LogP contribution in [0.25, 0.3) is 0 Å². The van der Waals surface area contributed by atoms with E-state index in [1.165, 1.54) is 11.1 Å². The third-order valence-corrected chi connectivity index (χ3v) is 7.82. The fraction of sp³-hybridized carbons (Fsp3) is 0.458. The Labute approximate surface area is 180 Å². The van der Waals surface area contributed by atoms with Gasteiger partial charge in [-0.3, -0.25) is 4.79 Å². The van der Waals surface area contributed by atoms with Gasteiger partial charge < -0.3 is 5.32 Å². The summed E-state index contributed by atoms with van der Waals surface area (Å²) in [7, 11) is -3.30. The second-order valence-corrected chi connectivity index (χ2v) is 10.4. The number of amides is 1. The Morgan fingerprint density at radius 1 is 0.967 bits per heavy atom. The van der Waals surface area contributed by atoms with Gasteiger partial charge in [0.2, 0.25) is 10.0 Å². The Bertz CT molecular complexity index is 1010. The van der Waals surface area contributed by atoms with Gasteiger partial charge in [0.05, 0.1) is 11.8 Å². The summed E-state index contributed by atoms with van der Waals surface area (Å²) in [6.45, 7) is 9.42. The van der Waals surface area contributed by atoms with Gasteiger partial charge in [0.25, 0.3) is 5.91 Å². The predicted molar refractivity (Wildman–Crippen MR) is 121 cm³/mol. The number of sulfonamides is 1. The lowest BCUT2D eigenvalue weighted by Gasteiger charge is -2.25. The van der Waals surface area contributed by atoms with Crippen LogP contribution in [0.1, 0.15) is 70.4 Å². The highest BCUT2D eigenvalue weighted by Gasteiger charge is 2.24. The average molecular weight is 429 g/mol. The lowest BCUT2D eigenvalue weighted by Crippen LogP contribution is -2.36. The van der Waals surface area contributed by atoms with Gasteiger partial charge in [0, 0.05) is 18.7 Å². The zero-order valence-electron chi connectivity index (χ0n) is 18.4. The smallest absolute Gasteiger partial charge is 0.251 e. The number of hydrogen-bond donors (Lipinski definition) is 1. The lowest BCUT2D eigenvalue weighted by atomic mass is 9.96. The Balaban J connectivity index is 1.65. The molecule has 1 amide bonds. The summed E-state index contributed by atoms with van der Waals surface area (Å²) in [6.07, 6.45) is 2.95. The van der Waals surface area contributed by atoms with E-state index in [4.69, 9.17) is 0 Å². The molecule has 1 saturated heterocycles. The van der Waals surface area contributed by atoms with Crippen LogP contribution < -0.4 is 5.32 Å². The van der Waals surface area contributed by atoms with E-state index in [1.54, 1.807) is 28.6 Å². The molecule has 1 N–H and O–H groups in total. The number of rotatable bonds is 6. The first-order chi connectivity index (χ1) is 14.2. The number of aryl methyl sites for hydroxylation is 3. The Morgan fingerprint density at radius 2 is 1.57 bits per heavy atom. The van der Waals surface area contributed by atoms with Gasteiger partial charge >= 0.3 is 0 Å². The van der Waals surface area contributed by atoms with Crippen LogP contribution in [-0.4, -0.2) is 31.7 Å². The molecule has 6 heteroatoms. The fourth-order valence-electron chi connectivity index (χ4n) is 4.00. The molecule has 0 bridgehead atoms. The summed E-state index contributed by atoms with van der Waals surface area (Å²) >= 11 is 0. The summed E-state index contributed by atoms with van der Waals surface area (Å²) in [4.78, 5) is 12.7. The molecule has 0 spiro atoms. The van der Waals surface area contributed by atoms with Gasteiger partial charge in [-0.1, -0.05) is 30.7 Å². The van der Waals surface area contributed by atoms with Crippen LogP contribution in [0.2, 0.25) is 0 Å². The van der Waals surface area contributed by atoms with Crippen molar-refractivity contribution in [1.82, 2.24) is 9.62 Å². The second kappa shape index (κ2) is 9.31. The molecule has 0 aromatic heterocycles. The highest BCUT2D eigenvalue weighted by Crippen LogP contribution is 2.22. The Morgan fingerprint density at radius 3 is 2.20 bits per heavy atom. The molecule has 1 atom stereocenters. The van der Waals surface area contributed by atoms with Crippen LogP contribution in [0.4, 0.5) is 0 Å². The zero-order valence-corrected chi connectivity index (χ0v) is 19.2. The molecular weight excluding hydrogens is 396 g/mol. The summed E-state index contributed by atoms with van der Waals surface area (Å²) in [5.74, 6) is -0.182. The molecule has 30 heavy (non-hydrogen) atoms. The maximum atomic E-state index is 12.7. The van der Waals surface area contributed by atoms with Crippen molar-refractivity contribution in [2.24, 2.45) is 0 Å². The molecule has 3 rings (SSSR count). The van der Waals surface area contributed by atoms with Gasteiger partial charge in [-0.05, 0) is 80.5 Å². The summed E-state index contributed by atoms with van der Waals surface area (Å²) < 4.78 is 26.8. The van der Waals surface area contributed by atoms with E-state index < -0.39 is 10.0 Å². The van der Waals surface area contributed by atoms with Crippen LogP contribution in [0, 0.1) is 20.8 Å². The molecule has 0 saturated carbocycles. The summed E-state index contributed by atoms with van der Waals surface area (Å²) in [5, 5.41) is 3.05. The number of benzene rings is 2.